The zero-order valence-corrected chi connectivity index (χ0v) is 16.2. The molecular weight excluding hydrogens is 397 g/mol. The minimum absolute atomic E-state index is 0.164. The van der Waals surface area contributed by atoms with Crippen LogP contribution < -0.4 is 5.32 Å². The van der Waals surface area contributed by atoms with Gasteiger partial charge in [0.25, 0.3) is 0 Å². The molecule has 2 aromatic carbocycles. The van der Waals surface area contributed by atoms with Crippen LogP contribution in [0.15, 0.2) is 53.1 Å². The number of nitrogens with one attached hydrogen (secondary N) is 1. The molecule has 0 saturated carbocycles. The van der Waals surface area contributed by atoms with Crippen molar-refractivity contribution >= 4 is 11.4 Å². The Bertz CT molecular complexity index is 1180. The van der Waals surface area contributed by atoms with Crippen LogP contribution in [0, 0.1) is 13.8 Å². The van der Waals surface area contributed by atoms with E-state index in [1.807, 2.05) is 26.0 Å². The molecule has 2 heterocycles. The largest absolute Gasteiger partial charge is 0.417 e. The predicted molar refractivity (Wildman–Crippen MR) is 105 cm³/mol. The molecule has 9 heteroatoms. The summed E-state index contributed by atoms with van der Waals surface area (Å²) in [5.74, 6) is 1.18. The van der Waals surface area contributed by atoms with Crippen LogP contribution in [0.1, 0.15) is 22.5 Å². The second-order valence-electron chi connectivity index (χ2n) is 7.05. The van der Waals surface area contributed by atoms with Crippen LogP contribution in [0.5, 0.6) is 0 Å². The number of aliphatic hydroxyl groups excluding tert-OH is 1. The monoisotopic (exact) mass is 416 g/mol. The molecule has 0 spiro atoms. The number of benzene rings is 2. The molecule has 30 heavy (non-hydrogen) atoms. The first-order valence-electron chi connectivity index (χ1n) is 9.23. The highest BCUT2D eigenvalue weighted by Gasteiger charge is 2.30. The van der Waals surface area contributed by atoms with E-state index in [0.29, 0.717) is 22.9 Å². The van der Waals surface area contributed by atoms with Gasteiger partial charge in [0.05, 0.1) is 11.8 Å². The van der Waals surface area contributed by atoms with Crippen LogP contribution in [0.3, 0.4) is 0 Å². The van der Waals surface area contributed by atoms with Crippen LogP contribution >= 0.6 is 0 Å². The fourth-order valence-corrected chi connectivity index (χ4v) is 3.18. The molecule has 0 aliphatic heterocycles. The Hall–Kier alpha value is -3.33. The van der Waals surface area contributed by atoms with E-state index >= 15 is 0 Å². The first-order chi connectivity index (χ1) is 14.2. The van der Waals surface area contributed by atoms with Gasteiger partial charge >= 0.3 is 6.18 Å². The Kier molecular flexibility index (Phi) is 4.98. The SMILES string of the molecule is Cc1cc(-c2nn3c(C)ncc3o2)ccc1NC(O)Cc1ccc(C(F)(F)F)cc1. The first-order valence-corrected chi connectivity index (χ1v) is 9.23. The van der Waals surface area contributed by atoms with Gasteiger partial charge in [0.15, 0.2) is 0 Å². The number of fused-ring (bicyclic) bond motifs is 1. The van der Waals surface area contributed by atoms with Crippen LogP contribution in [-0.2, 0) is 12.6 Å². The summed E-state index contributed by atoms with van der Waals surface area (Å²) in [4.78, 5) is 4.12. The van der Waals surface area contributed by atoms with Crippen molar-refractivity contribution in [2.24, 2.45) is 0 Å². The number of aryl methyl sites for hydroxylation is 2. The van der Waals surface area contributed by atoms with E-state index in [0.717, 1.165) is 29.1 Å². The highest BCUT2D eigenvalue weighted by molar-refractivity contribution is 5.63. The lowest BCUT2D eigenvalue weighted by molar-refractivity contribution is -0.137. The number of anilines is 1. The average molecular weight is 416 g/mol. The maximum absolute atomic E-state index is 12.7. The number of nitrogens with zero attached hydrogens (tertiary/aromatic N) is 3. The van der Waals surface area contributed by atoms with Crippen molar-refractivity contribution < 1.29 is 22.7 Å². The Labute approximate surface area is 170 Å². The summed E-state index contributed by atoms with van der Waals surface area (Å²) in [7, 11) is 0. The van der Waals surface area contributed by atoms with Gasteiger partial charge in [-0.05, 0) is 55.3 Å². The van der Waals surface area contributed by atoms with Gasteiger partial charge in [-0.1, -0.05) is 12.1 Å². The van der Waals surface area contributed by atoms with Gasteiger partial charge in [-0.25, -0.2) is 4.98 Å². The Morgan fingerprint density at radius 3 is 2.50 bits per heavy atom. The van der Waals surface area contributed by atoms with E-state index in [1.54, 1.807) is 16.8 Å². The van der Waals surface area contributed by atoms with E-state index < -0.39 is 18.0 Å². The van der Waals surface area contributed by atoms with Crippen LogP contribution in [0.4, 0.5) is 18.9 Å². The molecule has 4 rings (SSSR count). The molecule has 0 fully saturated rings. The molecule has 2 N–H and O–H groups in total. The molecule has 156 valence electrons. The fraction of sp³-hybridized carbons (Fsp3) is 0.238. The van der Waals surface area contributed by atoms with Crippen molar-refractivity contribution in [1.29, 1.82) is 0 Å². The molecule has 0 bridgehead atoms. The van der Waals surface area contributed by atoms with Gasteiger partial charge in [-0.15, -0.1) is 5.10 Å². The topological polar surface area (TPSA) is 75.6 Å². The molecule has 2 aromatic heterocycles. The van der Waals surface area contributed by atoms with E-state index in [2.05, 4.69) is 15.4 Å². The van der Waals surface area contributed by atoms with Crippen LogP contribution in [0.2, 0.25) is 0 Å². The summed E-state index contributed by atoms with van der Waals surface area (Å²) in [6.45, 7) is 3.70. The predicted octanol–water partition coefficient (Wildman–Crippen LogP) is 4.60. The quantitative estimate of drug-likeness (QED) is 0.465. The van der Waals surface area contributed by atoms with Gasteiger partial charge in [0, 0.05) is 17.7 Å². The maximum Gasteiger partial charge on any atom is 0.416 e. The second-order valence-corrected chi connectivity index (χ2v) is 7.05. The molecule has 1 unspecified atom stereocenters. The number of aromatic nitrogens is 3. The van der Waals surface area contributed by atoms with Gasteiger partial charge in [-0.2, -0.15) is 17.7 Å². The van der Waals surface area contributed by atoms with E-state index in [9.17, 15) is 18.3 Å². The number of rotatable bonds is 5. The first kappa shape index (κ1) is 20.0. The number of halogens is 3. The summed E-state index contributed by atoms with van der Waals surface area (Å²) in [6, 6.07) is 10.2. The van der Waals surface area contributed by atoms with Crippen molar-refractivity contribution in [3.63, 3.8) is 0 Å². The van der Waals surface area contributed by atoms with Gasteiger partial charge in [0.2, 0.25) is 11.6 Å². The summed E-state index contributed by atoms with van der Waals surface area (Å²) >= 11 is 0. The molecule has 6 nitrogen and oxygen atoms in total. The zero-order valence-electron chi connectivity index (χ0n) is 16.2. The summed E-state index contributed by atoms with van der Waals surface area (Å²) in [6.07, 6.45) is -3.57. The highest BCUT2D eigenvalue weighted by Crippen LogP contribution is 2.29. The minimum Gasteiger partial charge on any atom is -0.417 e. The number of alkyl halides is 3. The van der Waals surface area contributed by atoms with Crippen LogP contribution in [-0.4, -0.2) is 25.9 Å². The molecular formula is C21H19F3N4O2. The lowest BCUT2D eigenvalue weighted by Crippen LogP contribution is -2.22. The normalized spacial score (nSPS) is 13.0. The number of aliphatic hydroxyl groups is 1. The van der Waals surface area contributed by atoms with Gasteiger partial charge in [-0.3, -0.25) is 0 Å². The molecule has 0 aliphatic carbocycles. The summed E-state index contributed by atoms with van der Waals surface area (Å²) in [5, 5.41) is 17.7. The fourth-order valence-electron chi connectivity index (χ4n) is 3.18. The Balaban J connectivity index is 1.45. The molecule has 0 saturated heterocycles. The van der Waals surface area contributed by atoms with Crippen LogP contribution in [0.25, 0.3) is 17.2 Å². The summed E-state index contributed by atoms with van der Waals surface area (Å²) < 4.78 is 45.3. The smallest absolute Gasteiger partial charge is 0.416 e. The average Bonchev–Trinajstić information content (AvgIpc) is 3.25. The lowest BCUT2D eigenvalue weighted by atomic mass is 10.1. The van der Waals surface area contributed by atoms with Crippen molar-refractivity contribution in [2.75, 3.05) is 5.32 Å². The standard InChI is InChI=1S/C21H19F3N4O2/c1-12-9-15(20-27-28-13(2)25-11-19(28)30-20)5-8-17(12)26-18(29)10-14-3-6-16(7-4-14)21(22,23)24/h3-9,11,18,26,29H,10H2,1-2H3. The van der Waals surface area contributed by atoms with Gasteiger partial charge in [0.1, 0.15) is 12.1 Å². The molecule has 0 radical (unpaired) electrons. The molecule has 4 aromatic rings. The number of hydrogen-bond acceptors (Lipinski definition) is 5. The van der Waals surface area contributed by atoms with Crippen molar-refractivity contribution in [2.45, 2.75) is 32.7 Å². The number of imidazole rings is 1. The Morgan fingerprint density at radius 1 is 1.13 bits per heavy atom. The third-order valence-corrected chi connectivity index (χ3v) is 4.77. The van der Waals surface area contributed by atoms with Crippen molar-refractivity contribution in [3.05, 3.63) is 71.2 Å². The third-order valence-electron chi connectivity index (χ3n) is 4.77. The third kappa shape index (κ3) is 4.02. The van der Waals surface area contributed by atoms with Crippen molar-refractivity contribution in [1.82, 2.24) is 14.6 Å². The van der Waals surface area contributed by atoms with E-state index in [1.165, 1.54) is 12.1 Å². The molecule has 1 atom stereocenters. The van der Waals surface area contributed by atoms with E-state index in [-0.39, 0.29) is 6.42 Å². The highest BCUT2D eigenvalue weighted by atomic mass is 19.4. The van der Waals surface area contributed by atoms with Crippen molar-refractivity contribution in [3.8, 4) is 11.5 Å². The van der Waals surface area contributed by atoms with E-state index in [4.69, 9.17) is 4.42 Å². The van der Waals surface area contributed by atoms with Gasteiger partial charge < -0.3 is 14.8 Å². The Morgan fingerprint density at radius 2 is 1.87 bits per heavy atom. The number of hydrogen-bond donors (Lipinski definition) is 2. The zero-order chi connectivity index (χ0) is 21.5. The lowest BCUT2D eigenvalue weighted by Gasteiger charge is -2.17. The summed E-state index contributed by atoms with van der Waals surface area (Å²) in [5.41, 5.74) is 2.77. The second kappa shape index (κ2) is 7.49. The molecule has 0 aliphatic rings. The maximum atomic E-state index is 12.7. The molecule has 0 amide bonds. The minimum atomic E-state index is -4.38.